The lowest BCUT2D eigenvalue weighted by atomic mass is 9.98. The van der Waals surface area contributed by atoms with Gasteiger partial charge in [-0.05, 0) is 24.0 Å². The fourth-order valence-electron chi connectivity index (χ4n) is 2.04. The molecule has 0 saturated heterocycles. The van der Waals surface area contributed by atoms with Crippen LogP contribution in [-0.4, -0.2) is 19.9 Å². The molecule has 1 aromatic heterocycles. The second kappa shape index (κ2) is 6.69. The van der Waals surface area contributed by atoms with Crippen LogP contribution in [0.4, 0.5) is 5.82 Å². The summed E-state index contributed by atoms with van der Waals surface area (Å²) in [5, 5.41) is 0. The monoisotopic (exact) mass is 305 g/mol. The Hall–Kier alpha value is -1.92. The summed E-state index contributed by atoms with van der Waals surface area (Å²) < 4.78 is 26.8. The number of nitrogens with two attached hydrogens (primary N) is 1. The maximum absolute atomic E-state index is 12.1. The third-order valence-corrected chi connectivity index (χ3v) is 4.76. The third-order valence-electron chi connectivity index (χ3n) is 3.30. The maximum atomic E-state index is 12.1. The van der Waals surface area contributed by atoms with Crippen molar-refractivity contribution in [1.29, 1.82) is 0 Å². The minimum Gasteiger partial charge on any atom is -0.384 e. The van der Waals surface area contributed by atoms with E-state index in [4.69, 9.17) is 5.73 Å². The van der Waals surface area contributed by atoms with E-state index in [1.807, 2.05) is 30.3 Å². The number of nitrogens with zero attached hydrogens (tertiary/aromatic N) is 1. The molecule has 0 bridgehead atoms. The number of aromatic nitrogens is 1. The first kappa shape index (κ1) is 15.5. The Morgan fingerprint density at radius 1 is 1.24 bits per heavy atom. The molecular weight excluding hydrogens is 286 g/mol. The lowest BCUT2D eigenvalue weighted by Crippen LogP contribution is -2.25. The lowest BCUT2D eigenvalue weighted by Gasteiger charge is -2.12. The highest BCUT2D eigenvalue weighted by Gasteiger charge is 2.14. The van der Waals surface area contributed by atoms with Gasteiger partial charge >= 0.3 is 0 Å². The van der Waals surface area contributed by atoms with Crippen LogP contribution in [0.25, 0.3) is 0 Å². The molecule has 112 valence electrons. The van der Waals surface area contributed by atoms with E-state index >= 15 is 0 Å². The Labute approximate surface area is 125 Å². The van der Waals surface area contributed by atoms with Crippen molar-refractivity contribution in [3.8, 4) is 0 Å². The number of anilines is 1. The molecule has 0 aliphatic rings. The summed E-state index contributed by atoms with van der Waals surface area (Å²) in [4.78, 5) is 3.93. The number of sulfonamides is 1. The first-order valence-electron chi connectivity index (χ1n) is 6.75. The molecule has 1 atom stereocenters. The normalized spacial score (nSPS) is 13.0. The maximum Gasteiger partial charge on any atom is 0.240 e. The third kappa shape index (κ3) is 4.27. The summed E-state index contributed by atoms with van der Waals surface area (Å²) in [7, 11) is -3.53. The van der Waals surface area contributed by atoms with Crippen LogP contribution in [0, 0.1) is 0 Å². The quantitative estimate of drug-likeness (QED) is 0.856. The van der Waals surface area contributed by atoms with E-state index < -0.39 is 10.0 Å². The standard InChI is InChI=1S/C15H19N3O2S/c1-12(13-5-3-2-4-6-13)7-10-18-21(19,20)14-8-9-17-15(16)11-14/h2-6,8-9,11-12,18H,7,10H2,1H3,(H2,16,17). The highest BCUT2D eigenvalue weighted by atomic mass is 32.2. The Balaban J connectivity index is 1.94. The van der Waals surface area contributed by atoms with Crippen LogP contribution in [0.1, 0.15) is 24.8 Å². The van der Waals surface area contributed by atoms with Crippen molar-refractivity contribution >= 4 is 15.8 Å². The van der Waals surface area contributed by atoms with Crippen molar-refractivity contribution in [2.75, 3.05) is 12.3 Å². The van der Waals surface area contributed by atoms with Crippen molar-refractivity contribution in [1.82, 2.24) is 9.71 Å². The Bertz CT molecular complexity index is 687. The van der Waals surface area contributed by atoms with Crippen LogP contribution in [-0.2, 0) is 10.0 Å². The molecule has 2 aromatic rings. The van der Waals surface area contributed by atoms with Crippen LogP contribution in [0.3, 0.4) is 0 Å². The minimum atomic E-state index is -3.53. The van der Waals surface area contributed by atoms with Gasteiger partial charge in [-0.15, -0.1) is 0 Å². The summed E-state index contributed by atoms with van der Waals surface area (Å²) in [6, 6.07) is 12.8. The van der Waals surface area contributed by atoms with E-state index in [0.29, 0.717) is 6.54 Å². The molecule has 21 heavy (non-hydrogen) atoms. The smallest absolute Gasteiger partial charge is 0.240 e. The summed E-state index contributed by atoms with van der Waals surface area (Å²) in [5.74, 6) is 0.479. The van der Waals surface area contributed by atoms with E-state index in [0.717, 1.165) is 6.42 Å². The van der Waals surface area contributed by atoms with E-state index in [9.17, 15) is 8.42 Å². The summed E-state index contributed by atoms with van der Waals surface area (Å²) in [6.07, 6.45) is 2.11. The molecule has 0 fully saturated rings. The van der Waals surface area contributed by atoms with Gasteiger partial charge in [0.25, 0.3) is 0 Å². The number of nitrogen functional groups attached to an aromatic ring is 1. The Kier molecular flexibility index (Phi) is 4.93. The van der Waals surface area contributed by atoms with Gasteiger partial charge in [0.15, 0.2) is 0 Å². The predicted octanol–water partition coefficient (Wildman–Crippen LogP) is 2.14. The van der Waals surface area contributed by atoms with Gasteiger partial charge in [-0.2, -0.15) is 0 Å². The van der Waals surface area contributed by atoms with Crippen LogP contribution in [0.5, 0.6) is 0 Å². The van der Waals surface area contributed by atoms with Gasteiger partial charge in [-0.25, -0.2) is 18.1 Å². The molecule has 0 radical (unpaired) electrons. The molecular formula is C15H19N3O2S. The topological polar surface area (TPSA) is 85.1 Å². The molecule has 6 heteroatoms. The summed E-state index contributed by atoms with van der Waals surface area (Å²) in [6.45, 7) is 2.45. The van der Waals surface area contributed by atoms with Crippen LogP contribution >= 0.6 is 0 Å². The van der Waals surface area contributed by atoms with Crippen molar-refractivity contribution in [3.63, 3.8) is 0 Å². The number of hydrogen-bond donors (Lipinski definition) is 2. The predicted molar refractivity (Wildman–Crippen MR) is 83.3 cm³/mol. The Morgan fingerprint density at radius 3 is 2.62 bits per heavy atom. The zero-order chi connectivity index (χ0) is 15.3. The molecule has 1 aromatic carbocycles. The van der Waals surface area contributed by atoms with Crippen molar-refractivity contribution in [2.24, 2.45) is 0 Å². The highest BCUT2D eigenvalue weighted by molar-refractivity contribution is 7.89. The molecule has 0 spiro atoms. The SMILES string of the molecule is CC(CCNS(=O)(=O)c1ccnc(N)c1)c1ccccc1. The highest BCUT2D eigenvalue weighted by Crippen LogP contribution is 2.18. The minimum absolute atomic E-state index is 0.141. The zero-order valence-electron chi connectivity index (χ0n) is 11.9. The van der Waals surface area contributed by atoms with Gasteiger partial charge in [0.2, 0.25) is 10.0 Å². The first-order valence-corrected chi connectivity index (χ1v) is 8.23. The van der Waals surface area contributed by atoms with Gasteiger partial charge in [0, 0.05) is 18.8 Å². The van der Waals surface area contributed by atoms with E-state index in [-0.39, 0.29) is 16.6 Å². The molecule has 0 saturated carbocycles. The number of rotatable bonds is 6. The molecule has 1 unspecified atom stereocenters. The largest absolute Gasteiger partial charge is 0.384 e. The van der Waals surface area contributed by atoms with E-state index in [2.05, 4.69) is 16.6 Å². The zero-order valence-corrected chi connectivity index (χ0v) is 12.7. The van der Waals surface area contributed by atoms with Crippen molar-refractivity contribution in [2.45, 2.75) is 24.2 Å². The molecule has 0 amide bonds. The fraction of sp³-hybridized carbons (Fsp3) is 0.267. The number of hydrogen-bond acceptors (Lipinski definition) is 4. The molecule has 1 heterocycles. The summed E-state index contributed by atoms with van der Waals surface area (Å²) >= 11 is 0. The molecule has 0 aliphatic heterocycles. The average Bonchev–Trinajstić information content (AvgIpc) is 2.48. The van der Waals surface area contributed by atoms with Gasteiger partial charge in [-0.3, -0.25) is 0 Å². The lowest BCUT2D eigenvalue weighted by molar-refractivity contribution is 0.572. The van der Waals surface area contributed by atoms with E-state index in [1.54, 1.807) is 0 Å². The number of benzene rings is 1. The molecule has 3 N–H and O–H groups in total. The number of nitrogens with one attached hydrogen (secondary N) is 1. The average molecular weight is 305 g/mol. The fourth-order valence-corrected chi connectivity index (χ4v) is 3.11. The van der Waals surface area contributed by atoms with Crippen molar-refractivity contribution in [3.05, 3.63) is 54.2 Å². The molecule has 5 nitrogen and oxygen atoms in total. The van der Waals surface area contributed by atoms with Crippen LogP contribution < -0.4 is 10.5 Å². The van der Waals surface area contributed by atoms with Crippen LogP contribution in [0.2, 0.25) is 0 Å². The van der Waals surface area contributed by atoms with Gasteiger partial charge in [0.05, 0.1) is 4.90 Å². The van der Waals surface area contributed by atoms with Crippen molar-refractivity contribution < 1.29 is 8.42 Å². The molecule has 0 aliphatic carbocycles. The van der Waals surface area contributed by atoms with E-state index in [1.165, 1.54) is 23.9 Å². The van der Waals surface area contributed by atoms with Gasteiger partial charge in [0.1, 0.15) is 5.82 Å². The summed E-state index contributed by atoms with van der Waals surface area (Å²) in [5.41, 5.74) is 6.70. The second-order valence-electron chi connectivity index (χ2n) is 4.91. The van der Waals surface area contributed by atoms with Gasteiger partial charge < -0.3 is 5.73 Å². The number of pyridine rings is 1. The first-order chi connectivity index (χ1) is 9.99. The second-order valence-corrected chi connectivity index (χ2v) is 6.68. The van der Waals surface area contributed by atoms with Crippen LogP contribution in [0.15, 0.2) is 53.6 Å². The Morgan fingerprint density at radius 2 is 1.95 bits per heavy atom. The molecule has 2 rings (SSSR count). The van der Waals surface area contributed by atoms with Gasteiger partial charge in [-0.1, -0.05) is 37.3 Å².